The zero-order valence-electron chi connectivity index (χ0n) is 13.7. The molecule has 7 heteroatoms. The second-order valence-corrected chi connectivity index (χ2v) is 7.03. The van der Waals surface area contributed by atoms with Crippen LogP contribution in [0.15, 0.2) is 36.4 Å². The summed E-state index contributed by atoms with van der Waals surface area (Å²) < 4.78 is 40.6. The van der Waals surface area contributed by atoms with Gasteiger partial charge in [0.15, 0.2) is 0 Å². The van der Waals surface area contributed by atoms with Crippen LogP contribution in [0, 0.1) is 24.4 Å². The van der Waals surface area contributed by atoms with E-state index >= 15 is 0 Å². The Balaban J connectivity index is 1.70. The summed E-state index contributed by atoms with van der Waals surface area (Å²) in [6.45, 7) is 2.00. The van der Waals surface area contributed by atoms with Crippen LogP contribution in [0.3, 0.4) is 0 Å². The highest BCUT2D eigenvalue weighted by atomic mass is 32.1. The van der Waals surface area contributed by atoms with E-state index in [9.17, 15) is 18.0 Å². The number of hydrogen-bond acceptors (Lipinski definition) is 3. The SMILES string of the molecule is Cc1nc(-c2ccc(F)cc2)sc1C(=O)N1CCc2c(F)cc(F)cc21. The summed E-state index contributed by atoms with van der Waals surface area (Å²) in [4.78, 5) is 19.1. The number of carbonyl (C=O) groups excluding carboxylic acids is 1. The molecule has 0 N–H and O–H groups in total. The quantitative estimate of drug-likeness (QED) is 0.649. The van der Waals surface area contributed by atoms with Crippen molar-refractivity contribution in [3.63, 3.8) is 0 Å². The average molecular weight is 374 g/mol. The van der Waals surface area contributed by atoms with Gasteiger partial charge in [0.1, 0.15) is 27.3 Å². The monoisotopic (exact) mass is 374 g/mol. The summed E-state index contributed by atoms with van der Waals surface area (Å²) in [5, 5.41) is 0.593. The van der Waals surface area contributed by atoms with Crippen molar-refractivity contribution >= 4 is 22.9 Å². The molecule has 132 valence electrons. The lowest BCUT2D eigenvalue weighted by atomic mass is 10.1. The lowest BCUT2D eigenvalue weighted by Crippen LogP contribution is -2.28. The molecular formula is C19H13F3N2OS. The van der Waals surface area contributed by atoms with Gasteiger partial charge in [0.2, 0.25) is 0 Å². The molecule has 1 aliphatic rings. The molecule has 0 radical (unpaired) electrons. The molecule has 0 aliphatic carbocycles. The molecule has 1 aromatic heterocycles. The third-order valence-corrected chi connectivity index (χ3v) is 5.53. The van der Waals surface area contributed by atoms with Crippen LogP contribution in [0.4, 0.5) is 18.9 Å². The Morgan fingerprint density at radius 2 is 1.85 bits per heavy atom. The molecule has 0 bridgehead atoms. The van der Waals surface area contributed by atoms with Crippen LogP contribution in [0.1, 0.15) is 20.9 Å². The molecule has 0 saturated heterocycles. The largest absolute Gasteiger partial charge is 0.307 e. The topological polar surface area (TPSA) is 33.2 Å². The number of carbonyl (C=O) groups is 1. The molecule has 2 aromatic carbocycles. The van der Waals surface area contributed by atoms with Gasteiger partial charge in [-0.05, 0) is 43.7 Å². The van der Waals surface area contributed by atoms with Crippen LogP contribution in [0.25, 0.3) is 10.6 Å². The third kappa shape index (κ3) is 2.78. The minimum atomic E-state index is -0.714. The molecule has 0 unspecified atom stereocenters. The van der Waals surface area contributed by atoms with Crippen molar-refractivity contribution in [2.24, 2.45) is 0 Å². The van der Waals surface area contributed by atoms with E-state index < -0.39 is 11.6 Å². The number of fused-ring (bicyclic) bond motifs is 1. The predicted molar refractivity (Wildman–Crippen MR) is 94.0 cm³/mol. The van der Waals surface area contributed by atoms with Crippen LogP contribution < -0.4 is 4.90 Å². The number of amides is 1. The summed E-state index contributed by atoms with van der Waals surface area (Å²) in [5.41, 5.74) is 1.85. The van der Waals surface area contributed by atoms with E-state index in [0.29, 0.717) is 33.1 Å². The highest BCUT2D eigenvalue weighted by Crippen LogP contribution is 2.35. The van der Waals surface area contributed by atoms with E-state index in [-0.39, 0.29) is 24.0 Å². The highest BCUT2D eigenvalue weighted by Gasteiger charge is 2.30. The third-order valence-electron chi connectivity index (χ3n) is 4.34. The summed E-state index contributed by atoms with van der Waals surface area (Å²) in [5.74, 6) is -2.04. The van der Waals surface area contributed by atoms with E-state index in [1.54, 1.807) is 19.1 Å². The van der Waals surface area contributed by atoms with Crippen LogP contribution in [0.2, 0.25) is 0 Å². The molecule has 2 heterocycles. The first-order valence-corrected chi connectivity index (χ1v) is 8.79. The first-order chi connectivity index (χ1) is 12.4. The van der Waals surface area contributed by atoms with Crippen LogP contribution in [0.5, 0.6) is 0 Å². The molecule has 1 aliphatic heterocycles. The number of nitrogens with zero attached hydrogens (tertiary/aromatic N) is 2. The summed E-state index contributed by atoms with van der Waals surface area (Å²) in [7, 11) is 0. The number of anilines is 1. The minimum absolute atomic E-state index is 0.267. The van der Waals surface area contributed by atoms with E-state index in [2.05, 4.69) is 4.98 Å². The molecule has 4 rings (SSSR count). The fraction of sp³-hybridized carbons (Fsp3) is 0.158. The first-order valence-electron chi connectivity index (χ1n) is 7.97. The van der Waals surface area contributed by atoms with Gasteiger partial charge in [0.05, 0.1) is 11.4 Å². The summed E-state index contributed by atoms with van der Waals surface area (Å²) >= 11 is 1.18. The Bertz CT molecular complexity index is 1010. The lowest BCUT2D eigenvalue weighted by molar-refractivity contribution is 0.0992. The maximum absolute atomic E-state index is 13.9. The standard InChI is InChI=1S/C19H13F3N2OS/c1-10-17(26-18(23-10)11-2-4-12(20)5-3-11)19(25)24-7-6-14-15(22)8-13(21)9-16(14)24/h2-5,8-9H,6-7H2,1H3. The normalized spacial score (nSPS) is 13.2. The van der Waals surface area contributed by atoms with Crippen molar-refractivity contribution < 1.29 is 18.0 Å². The average Bonchev–Trinajstić information content (AvgIpc) is 3.19. The number of thiazole rings is 1. The number of benzene rings is 2. The fourth-order valence-electron chi connectivity index (χ4n) is 3.07. The van der Waals surface area contributed by atoms with Crippen LogP contribution in [-0.4, -0.2) is 17.4 Å². The molecule has 0 saturated carbocycles. The fourth-order valence-corrected chi connectivity index (χ4v) is 4.09. The van der Waals surface area contributed by atoms with Crippen molar-refractivity contribution in [1.29, 1.82) is 0 Å². The molecule has 1 amide bonds. The van der Waals surface area contributed by atoms with E-state index in [1.807, 2.05) is 0 Å². The number of rotatable bonds is 2. The maximum atomic E-state index is 13.9. The van der Waals surface area contributed by atoms with Gasteiger partial charge in [0, 0.05) is 23.7 Å². The van der Waals surface area contributed by atoms with Crippen molar-refractivity contribution in [3.05, 3.63) is 70.0 Å². The molecule has 0 spiro atoms. The Kier molecular flexibility index (Phi) is 4.03. The summed E-state index contributed by atoms with van der Waals surface area (Å²) in [6.07, 6.45) is 0.343. The number of hydrogen-bond donors (Lipinski definition) is 0. The van der Waals surface area contributed by atoms with Gasteiger partial charge in [0.25, 0.3) is 5.91 Å². The van der Waals surface area contributed by atoms with Gasteiger partial charge in [-0.25, -0.2) is 18.2 Å². The highest BCUT2D eigenvalue weighted by molar-refractivity contribution is 7.17. The van der Waals surface area contributed by atoms with Crippen molar-refractivity contribution in [2.75, 3.05) is 11.4 Å². The van der Waals surface area contributed by atoms with Crippen LogP contribution >= 0.6 is 11.3 Å². The Labute approximate surface area is 151 Å². The van der Waals surface area contributed by atoms with Crippen molar-refractivity contribution in [1.82, 2.24) is 4.98 Å². The van der Waals surface area contributed by atoms with E-state index in [1.165, 1.54) is 34.4 Å². The minimum Gasteiger partial charge on any atom is -0.307 e. The Hall–Kier alpha value is -2.67. The first kappa shape index (κ1) is 16.8. The second-order valence-electron chi connectivity index (χ2n) is 6.03. The summed E-state index contributed by atoms with van der Waals surface area (Å²) in [6, 6.07) is 7.86. The molecule has 0 atom stereocenters. The Morgan fingerprint density at radius 3 is 2.58 bits per heavy atom. The van der Waals surface area contributed by atoms with Crippen molar-refractivity contribution in [3.8, 4) is 10.6 Å². The Morgan fingerprint density at radius 1 is 1.12 bits per heavy atom. The predicted octanol–water partition coefficient (Wildman–Crippen LogP) is 4.74. The molecular weight excluding hydrogens is 361 g/mol. The van der Waals surface area contributed by atoms with Crippen molar-refractivity contribution in [2.45, 2.75) is 13.3 Å². The number of halogens is 3. The molecule has 3 nitrogen and oxygen atoms in total. The van der Waals surface area contributed by atoms with Gasteiger partial charge in [-0.2, -0.15) is 0 Å². The van der Waals surface area contributed by atoms with E-state index in [0.717, 1.165) is 6.07 Å². The molecule has 3 aromatic rings. The second kappa shape index (κ2) is 6.25. The van der Waals surface area contributed by atoms with Gasteiger partial charge in [-0.3, -0.25) is 4.79 Å². The van der Waals surface area contributed by atoms with Gasteiger partial charge in [-0.15, -0.1) is 11.3 Å². The number of aromatic nitrogens is 1. The van der Waals surface area contributed by atoms with Gasteiger partial charge >= 0.3 is 0 Å². The smallest absolute Gasteiger partial charge is 0.270 e. The number of aryl methyl sites for hydroxylation is 1. The van der Waals surface area contributed by atoms with Crippen LogP contribution in [-0.2, 0) is 6.42 Å². The maximum Gasteiger partial charge on any atom is 0.270 e. The molecule has 0 fully saturated rings. The van der Waals surface area contributed by atoms with Gasteiger partial charge < -0.3 is 4.90 Å². The molecule has 26 heavy (non-hydrogen) atoms. The lowest BCUT2D eigenvalue weighted by Gasteiger charge is -2.16. The van der Waals surface area contributed by atoms with Gasteiger partial charge in [-0.1, -0.05) is 0 Å². The van der Waals surface area contributed by atoms with E-state index in [4.69, 9.17) is 0 Å². The zero-order valence-corrected chi connectivity index (χ0v) is 14.5. The zero-order chi connectivity index (χ0) is 18.4.